The summed E-state index contributed by atoms with van der Waals surface area (Å²) in [6.07, 6.45) is 6.89. The minimum absolute atomic E-state index is 0.0421. The van der Waals surface area contributed by atoms with E-state index >= 15 is 0 Å². The Morgan fingerprint density at radius 2 is 1.97 bits per heavy atom. The molecule has 1 atom stereocenters. The average Bonchev–Trinajstić information content (AvgIpc) is 3.48. The zero-order chi connectivity index (χ0) is 22.2. The van der Waals surface area contributed by atoms with E-state index in [0.29, 0.717) is 25.1 Å². The SMILES string of the molecule is Cc1ccc(C)c(/C=C/c2onc(C)c2S(=O)(=O)N2CCCC(C(=O)NC3CC3)C2)c1. The molecular weight excluding hydrogens is 414 g/mol. The molecule has 2 aromatic rings. The van der Waals surface area contributed by atoms with E-state index < -0.39 is 10.0 Å². The molecular formula is C23H29N3O4S. The first-order valence-electron chi connectivity index (χ1n) is 10.8. The van der Waals surface area contributed by atoms with E-state index in [9.17, 15) is 13.2 Å². The maximum absolute atomic E-state index is 13.5. The number of aryl methyl sites for hydroxylation is 3. The molecule has 1 saturated carbocycles. The van der Waals surface area contributed by atoms with Gasteiger partial charge in [-0.15, -0.1) is 0 Å². The van der Waals surface area contributed by atoms with Gasteiger partial charge in [-0.05, 0) is 63.7 Å². The third-order valence-corrected chi connectivity index (χ3v) is 7.98. The molecule has 1 saturated heterocycles. The van der Waals surface area contributed by atoms with E-state index in [1.807, 2.05) is 38.1 Å². The lowest BCUT2D eigenvalue weighted by molar-refractivity contribution is -0.126. The predicted octanol–water partition coefficient (Wildman–Crippen LogP) is 3.45. The van der Waals surface area contributed by atoms with Crippen LogP contribution in [0.2, 0.25) is 0 Å². The van der Waals surface area contributed by atoms with Crippen LogP contribution in [0.3, 0.4) is 0 Å². The highest BCUT2D eigenvalue weighted by Crippen LogP contribution is 2.30. The van der Waals surface area contributed by atoms with Gasteiger partial charge in [-0.1, -0.05) is 35.0 Å². The van der Waals surface area contributed by atoms with Crippen molar-refractivity contribution in [2.24, 2.45) is 5.92 Å². The largest absolute Gasteiger partial charge is 0.355 e. The monoisotopic (exact) mass is 443 g/mol. The molecule has 2 heterocycles. The van der Waals surface area contributed by atoms with Gasteiger partial charge in [-0.3, -0.25) is 4.79 Å². The number of carbonyl (C=O) groups excluding carboxylic acids is 1. The van der Waals surface area contributed by atoms with E-state index in [0.717, 1.165) is 29.5 Å². The van der Waals surface area contributed by atoms with E-state index in [-0.39, 0.29) is 35.1 Å². The van der Waals surface area contributed by atoms with Gasteiger partial charge in [0, 0.05) is 19.1 Å². The fraction of sp³-hybridized carbons (Fsp3) is 0.478. The Morgan fingerprint density at radius 3 is 2.71 bits per heavy atom. The Morgan fingerprint density at radius 1 is 1.19 bits per heavy atom. The van der Waals surface area contributed by atoms with Crippen LogP contribution in [0.15, 0.2) is 27.6 Å². The van der Waals surface area contributed by atoms with Crippen LogP contribution in [-0.2, 0) is 14.8 Å². The summed E-state index contributed by atoms with van der Waals surface area (Å²) in [5.74, 6) is -0.152. The number of nitrogens with zero attached hydrogens (tertiary/aromatic N) is 2. The lowest BCUT2D eigenvalue weighted by atomic mass is 9.99. The fourth-order valence-corrected chi connectivity index (χ4v) is 5.73. The first-order valence-corrected chi connectivity index (χ1v) is 12.2. The third kappa shape index (κ3) is 4.75. The molecule has 1 N–H and O–H groups in total. The number of nitrogens with one attached hydrogen (secondary N) is 1. The zero-order valence-corrected chi connectivity index (χ0v) is 19.0. The van der Waals surface area contributed by atoms with Gasteiger partial charge in [-0.25, -0.2) is 8.42 Å². The molecule has 0 spiro atoms. The van der Waals surface area contributed by atoms with Crippen LogP contribution < -0.4 is 5.32 Å². The summed E-state index contributed by atoms with van der Waals surface area (Å²) in [4.78, 5) is 12.6. The number of aromatic nitrogens is 1. The molecule has 31 heavy (non-hydrogen) atoms. The molecule has 0 radical (unpaired) electrons. The molecule has 2 fully saturated rings. The summed E-state index contributed by atoms with van der Waals surface area (Å²) in [6, 6.07) is 6.37. The number of hydrogen-bond acceptors (Lipinski definition) is 5. The van der Waals surface area contributed by atoms with E-state index in [4.69, 9.17) is 4.52 Å². The second-order valence-corrected chi connectivity index (χ2v) is 10.5. The summed E-state index contributed by atoms with van der Waals surface area (Å²) >= 11 is 0. The summed E-state index contributed by atoms with van der Waals surface area (Å²) in [7, 11) is -3.84. The van der Waals surface area contributed by atoms with Crippen molar-refractivity contribution in [1.29, 1.82) is 0 Å². The highest BCUT2D eigenvalue weighted by molar-refractivity contribution is 7.89. The Labute approximate surface area is 183 Å². The van der Waals surface area contributed by atoms with Crippen molar-refractivity contribution < 1.29 is 17.7 Å². The Balaban J connectivity index is 1.58. The van der Waals surface area contributed by atoms with Crippen LogP contribution in [-0.4, -0.2) is 42.9 Å². The molecule has 1 aliphatic carbocycles. The summed E-state index contributed by atoms with van der Waals surface area (Å²) in [6.45, 7) is 6.22. The van der Waals surface area contributed by atoms with Crippen LogP contribution in [0.5, 0.6) is 0 Å². The van der Waals surface area contributed by atoms with Crippen LogP contribution in [0.1, 0.15) is 53.8 Å². The number of hydrogen-bond donors (Lipinski definition) is 1. The Kier molecular flexibility index (Phi) is 6.03. The van der Waals surface area contributed by atoms with Crippen molar-refractivity contribution >= 4 is 28.1 Å². The van der Waals surface area contributed by atoms with Crippen LogP contribution in [0.25, 0.3) is 12.2 Å². The van der Waals surface area contributed by atoms with Crippen molar-refractivity contribution in [2.75, 3.05) is 13.1 Å². The van der Waals surface area contributed by atoms with Gasteiger partial charge >= 0.3 is 0 Å². The molecule has 0 bridgehead atoms. The summed E-state index contributed by atoms with van der Waals surface area (Å²) < 4.78 is 33.8. The van der Waals surface area contributed by atoms with Crippen LogP contribution >= 0.6 is 0 Å². The van der Waals surface area contributed by atoms with Gasteiger partial charge in [0.1, 0.15) is 5.69 Å². The highest BCUT2D eigenvalue weighted by Gasteiger charge is 2.37. The average molecular weight is 444 g/mol. The van der Waals surface area contributed by atoms with Gasteiger partial charge in [0.2, 0.25) is 15.9 Å². The molecule has 4 rings (SSSR count). The van der Waals surface area contributed by atoms with Crippen LogP contribution in [0, 0.1) is 26.7 Å². The van der Waals surface area contributed by atoms with Crippen molar-refractivity contribution in [1.82, 2.24) is 14.8 Å². The molecule has 166 valence electrons. The number of rotatable bonds is 6. The topological polar surface area (TPSA) is 92.5 Å². The summed E-state index contributed by atoms with van der Waals surface area (Å²) in [5.41, 5.74) is 3.52. The van der Waals surface area contributed by atoms with Crippen LogP contribution in [0.4, 0.5) is 0 Å². The highest BCUT2D eigenvalue weighted by atomic mass is 32.2. The molecule has 1 aromatic heterocycles. The number of benzene rings is 1. The molecule has 2 aliphatic rings. The number of amides is 1. The quantitative estimate of drug-likeness (QED) is 0.738. The van der Waals surface area contributed by atoms with E-state index in [1.54, 1.807) is 13.0 Å². The summed E-state index contributed by atoms with van der Waals surface area (Å²) in [5, 5.41) is 6.92. The Bertz CT molecular complexity index is 1120. The van der Waals surface area contributed by atoms with Gasteiger partial charge in [0.05, 0.1) is 5.92 Å². The second kappa shape index (κ2) is 8.59. The van der Waals surface area contributed by atoms with Gasteiger partial charge < -0.3 is 9.84 Å². The first-order chi connectivity index (χ1) is 14.8. The lowest BCUT2D eigenvalue weighted by Crippen LogP contribution is -2.46. The smallest absolute Gasteiger partial charge is 0.248 e. The van der Waals surface area contributed by atoms with E-state index in [1.165, 1.54) is 4.31 Å². The normalized spacial score (nSPS) is 20.3. The zero-order valence-electron chi connectivity index (χ0n) is 18.2. The number of piperidine rings is 1. The standard InChI is InChI=1S/C23H29N3O4S/c1-15-6-7-16(2)18(13-15)8-11-21-22(17(3)25-30-21)31(28,29)26-12-4-5-19(14-26)23(27)24-20-9-10-20/h6-8,11,13,19-20H,4-5,9-10,12,14H2,1-3H3,(H,24,27)/b11-8+. The van der Waals surface area contributed by atoms with Crippen molar-refractivity contribution in [3.05, 3.63) is 46.3 Å². The molecule has 1 aromatic carbocycles. The lowest BCUT2D eigenvalue weighted by Gasteiger charge is -2.31. The minimum Gasteiger partial charge on any atom is -0.355 e. The van der Waals surface area contributed by atoms with Gasteiger partial charge in [-0.2, -0.15) is 4.31 Å². The van der Waals surface area contributed by atoms with Crippen molar-refractivity contribution in [3.63, 3.8) is 0 Å². The van der Waals surface area contributed by atoms with Crippen molar-refractivity contribution in [3.8, 4) is 0 Å². The molecule has 1 amide bonds. The maximum Gasteiger partial charge on any atom is 0.248 e. The third-order valence-electron chi connectivity index (χ3n) is 5.96. The fourth-order valence-electron chi connectivity index (χ4n) is 3.95. The van der Waals surface area contributed by atoms with Gasteiger partial charge in [0.25, 0.3) is 0 Å². The molecule has 8 heteroatoms. The maximum atomic E-state index is 13.5. The molecule has 7 nitrogen and oxygen atoms in total. The van der Waals surface area contributed by atoms with Crippen molar-refractivity contribution in [2.45, 2.75) is 57.4 Å². The minimum atomic E-state index is -3.84. The molecule has 1 aliphatic heterocycles. The predicted molar refractivity (Wildman–Crippen MR) is 119 cm³/mol. The molecule has 1 unspecified atom stereocenters. The number of sulfonamides is 1. The first kappa shape index (κ1) is 21.8. The number of carbonyl (C=O) groups is 1. The second-order valence-electron chi connectivity index (χ2n) is 8.64. The Hall–Kier alpha value is -2.45. The van der Waals surface area contributed by atoms with Gasteiger partial charge in [0.15, 0.2) is 10.7 Å². The van der Waals surface area contributed by atoms with E-state index in [2.05, 4.69) is 10.5 Å².